The van der Waals surface area contributed by atoms with Crippen molar-refractivity contribution < 1.29 is 19.1 Å². The fourth-order valence-corrected chi connectivity index (χ4v) is 5.18. The van der Waals surface area contributed by atoms with Crippen molar-refractivity contribution in [2.75, 3.05) is 51.3 Å². The van der Waals surface area contributed by atoms with Gasteiger partial charge >= 0.3 is 6.03 Å². The van der Waals surface area contributed by atoms with E-state index in [4.69, 9.17) is 4.74 Å². The van der Waals surface area contributed by atoms with Gasteiger partial charge in [0, 0.05) is 39.0 Å². The number of methoxy groups -OCH3 is 1. The molecule has 0 spiro atoms. The summed E-state index contributed by atoms with van der Waals surface area (Å²) in [6.07, 6.45) is 2.51. The lowest BCUT2D eigenvalue weighted by molar-refractivity contribution is -0.143. The number of rotatable bonds is 7. The van der Waals surface area contributed by atoms with Gasteiger partial charge in [0.2, 0.25) is 11.8 Å². The fourth-order valence-electron chi connectivity index (χ4n) is 5.18. The first kappa shape index (κ1) is 22.6. The standard InChI is InChI=1S/C24H34N4O4/c1-17(2)13-21-23(30)25(11-12-32-3)14-19-15-26(24(31)28(19)21)16-22(29)27-10-6-8-18-7-4-5-9-20(18)27/h4-5,7,9,17,19,21H,6,8,10-16H2,1-3H3/t19-,21-/m0/s1. The van der Waals surface area contributed by atoms with Crippen molar-refractivity contribution in [2.24, 2.45) is 5.92 Å². The molecule has 3 heterocycles. The zero-order chi connectivity index (χ0) is 22.8. The molecule has 0 bridgehead atoms. The molecule has 4 amide bonds. The van der Waals surface area contributed by atoms with Crippen LogP contribution >= 0.6 is 0 Å². The van der Waals surface area contributed by atoms with E-state index < -0.39 is 6.04 Å². The van der Waals surface area contributed by atoms with Crippen molar-refractivity contribution in [3.8, 4) is 0 Å². The highest BCUT2D eigenvalue weighted by atomic mass is 16.5. The maximum atomic E-state index is 13.3. The lowest BCUT2D eigenvalue weighted by Gasteiger charge is -2.42. The number of benzene rings is 1. The van der Waals surface area contributed by atoms with Gasteiger partial charge in [0.25, 0.3) is 0 Å². The van der Waals surface area contributed by atoms with Gasteiger partial charge in [-0.3, -0.25) is 9.59 Å². The number of fused-ring (bicyclic) bond motifs is 2. The number of amides is 4. The minimum atomic E-state index is -0.478. The molecule has 2 atom stereocenters. The number of carbonyl (C=O) groups is 3. The average molecular weight is 443 g/mol. The van der Waals surface area contributed by atoms with Gasteiger partial charge in [-0.05, 0) is 36.8 Å². The third-order valence-corrected chi connectivity index (χ3v) is 6.68. The molecule has 1 aromatic carbocycles. The number of hydrogen-bond acceptors (Lipinski definition) is 4. The van der Waals surface area contributed by atoms with Crippen molar-refractivity contribution >= 4 is 23.5 Å². The Morgan fingerprint density at radius 1 is 1.16 bits per heavy atom. The summed E-state index contributed by atoms with van der Waals surface area (Å²) in [6.45, 7) is 6.78. The Hall–Kier alpha value is -2.61. The van der Waals surface area contributed by atoms with Crippen LogP contribution in [0.2, 0.25) is 0 Å². The average Bonchev–Trinajstić information content (AvgIpc) is 3.08. The highest BCUT2D eigenvalue weighted by molar-refractivity contribution is 5.98. The van der Waals surface area contributed by atoms with E-state index in [1.807, 2.05) is 28.0 Å². The molecule has 0 radical (unpaired) electrons. The Kier molecular flexibility index (Phi) is 6.69. The number of para-hydroxylation sites is 1. The van der Waals surface area contributed by atoms with Crippen LogP contribution in [0.5, 0.6) is 0 Å². The monoisotopic (exact) mass is 442 g/mol. The molecule has 8 nitrogen and oxygen atoms in total. The maximum Gasteiger partial charge on any atom is 0.321 e. The number of carbonyl (C=O) groups excluding carboxylic acids is 3. The van der Waals surface area contributed by atoms with Crippen LogP contribution in [-0.4, -0.2) is 91.1 Å². The molecule has 8 heteroatoms. The van der Waals surface area contributed by atoms with Crippen molar-refractivity contribution in [1.29, 1.82) is 0 Å². The van der Waals surface area contributed by atoms with E-state index in [2.05, 4.69) is 19.9 Å². The van der Waals surface area contributed by atoms with Crippen LogP contribution in [0.25, 0.3) is 0 Å². The largest absolute Gasteiger partial charge is 0.383 e. The van der Waals surface area contributed by atoms with Crippen molar-refractivity contribution in [3.05, 3.63) is 29.8 Å². The van der Waals surface area contributed by atoms with Crippen LogP contribution in [-0.2, 0) is 20.7 Å². The van der Waals surface area contributed by atoms with Gasteiger partial charge < -0.3 is 24.3 Å². The summed E-state index contributed by atoms with van der Waals surface area (Å²) in [6, 6.07) is 7.22. The lowest BCUT2D eigenvalue weighted by Crippen LogP contribution is -2.61. The molecule has 0 aromatic heterocycles. The highest BCUT2D eigenvalue weighted by Crippen LogP contribution is 2.30. The molecule has 2 saturated heterocycles. The first-order valence-electron chi connectivity index (χ1n) is 11.6. The third kappa shape index (κ3) is 4.33. The van der Waals surface area contributed by atoms with E-state index in [9.17, 15) is 14.4 Å². The topological polar surface area (TPSA) is 73.4 Å². The van der Waals surface area contributed by atoms with Gasteiger partial charge in [0.05, 0.1) is 12.6 Å². The summed E-state index contributed by atoms with van der Waals surface area (Å²) < 4.78 is 5.18. The Labute approximate surface area is 190 Å². The smallest absolute Gasteiger partial charge is 0.321 e. The molecular weight excluding hydrogens is 408 g/mol. The summed E-state index contributed by atoms with van der Waals surface area (Å²) in [4.78, 5) is 46.7. The van der Waals surface area contributed by atoms with Crippen molar-refractivity contribution in [3.63, 3.8) is 0 Å². The fraction of sp³-hybridized carbons (Fsp3) is 0.625. The van der Waals surface area contributed by atoms with E-state index in [1.54, 1.807) is 16.9 Å². The Morgan fingerprint density at radius 2 is 1.91 bits per heavy atom. The van der Waals surface area contributed by atoms with E-state index in [1.165, 1.54) is 5.56 Å². The van der Waals surface area contributed by atoms with Crippen LogP contribution < -0.4 is 4.90 Å². The number of anilines is 1. The molecular formula is C24H34N4O4. The molecule has 174 valence electrons. The lowest BCUT2D eigenvalue weighted by atomic mass is 9.97. The molecule has 1 aromatic rings. The van der Waals surface area contributed by atoms with Gasteiger partial charge in [-0.15, -0.1) is 0 Å². The molecule has 3 aliphatic rings. The molecule has 32 heavy (non-hydrogen) atoms. The van der Waals surface area contributed by atoms with E-state index in [0.29, 0.717) is 39.2 Å². The number of urea groups is 1. The van der Waals surface area contributed by atoms with Crippen molar-refractivity contribution in [2.45, 2.75) is 45.2 Å². The Balaban J connectivity index is 1.50. The minimum absolute atomic E-state index is 0.0153. The van der Waals surface area contributed by atoms with Crippen molar-refractivity contribution in [1.82, 2.24) is 14.7 Å². The van der Waals surface area contributed by atoms with Crippen LogP contribution in [0.1, 0.15) is 32.3 Å². The predicted octanol–water partition coefficient (Wildman–Crippen LogP) is 1.98. The van der Waals surface area contributed by atoms with Crippen LogP contribution in [0.3, 0.4) is 0 Å². The molecule has 0 N–H and O–H groups in total. The van der Waals surface area contributed by atoms with Crippen LogP contribution in [0.4, 0.5) is 10.5 Å². The summed E-state index contributed by atoms with van der Waals surface area (Å²) in [5, 5.41) is 0. The molecule has 4 rings (SSSR count). The third-order valence-electron chi connectivity index (χ3n) is 6.68. The quantitative estimate of drug-likeness (QED) is 0.647. The SMILES string of the molecule is COCCN1C[C@H]2CN(CC(=O)N3CCCc4ccccc43)C(=O)N2[C@@H](CC(C)C)C1=O. The Bertz CT molecular complexity index is 873. The maximum absolute atomic E-state index is 13.3. The van der Waals surface area contributed by atoms with E-state index in [-0.39, 0.29) is 36.3 Å². The van der Waals surface area contributed by atoms with Gasteiger partial charge in [-0.25, -0.2) is 4.79 Å². The predicted molar refractivity (Wildman–Crippen MR) is 121 cm³/mol. The van der Waals surface area contributed by atoms with Gasteiger partial charge in [0.1, 0.15) is 12.6 Å². The van der Waals surface area contributed by atoms with E-state index in [0.717, 1.165) is 18.5 Å². The summed E-state index contributed by atoms with van der Waals surface area (Å²) in [5.74, 6) is 0.201. The number of piperazine rings is 1. The Morgan fingerprint density at radius 3 is 2.66 bits per heavy atom. The van der Waals surface area contributed by atoms with Gasteiger partial charge in [0.15, 0.2) is 0 Å². The van der Waals surface area contributed by atoms with E-state index >= 15 is 0 Å². The summed E-state index contributed by atoms with van der Waals surface area (Å²) >= 11 is 0. The minimum Gasteiger partial charge on any atom is -0.383 e. The number of hydrogen-bond donors (Lipinski definition) is 0. The van der Waals surface area contributed by atoms with Gasteiger partial charge in [-0.1, -0.05) is 32.0 Å². The molecule has 3 aliphatic heterocycles. The summed E-state index contributed by atoms with van der Waals surface area (Å²) in [7, 11) is 1.62. The van der Waals surface area contributed by atoms with Crippen LogP contribution in [0.15, 0.2) is 24.3 Å². The zero-order valence-electron chi connectivity index (χ0n) is 19.3. The highest BCUT2D eigenvalue weighted by Gasteiger charge is 2.49. The first-order chi connectivity index (χ1) is 15.4. The second-order valence-electron chi connectivity index (χ2n) is 9.42. The van der Waals surface area contributed by atoms with Gasteiger partial charge in [-0.2, -0.15) is 0 Å². The molecule has 2 fully saturated rings. The van der Waals surface area contributed by atoms with Crippen LogP contribution in [0, 0.1) is 5.92 Å². The molecule has 0 unspecified atom stereocenters. The summed E-state index contributed by atoms with van der Waals surface area (Å²) in [5.41, 5.74) is 2.13. The first-order valence-corrected chi connectivity index (χ1v) is 11.6. The normalized spacial score (nSPS) is 23.1. The zero-order valence-corrected chi connectivity index (χ0v) is 19.3. The second kappa shape index (κ2) is 9.48. The number of ether oxygens (including phenoxy) is 1. The molecule has 0 aliphatic carbocycles. The number of aryl methyl sites for hydroxylation is 1. The molecule has 0 saturated carbocycles. The number of nitrogens with zero attached hydrogens (tertiary/aromatic N) is 4. The second-order valence-corrected chi connectivity index (χ2v) is 9.42.